The lowest BCUT2D eigenvalue weighted by Crippen LogP contribution is -2.34. The minimum atomic E-state index is -1.18. The van der Waals surface area contributed by atoms with Crippen molar-refractivity contribution < 1.29 is 58.9 Å². The van der Waals surface area contributed by atoms with E-state index in [0.29, 0.717) is 12.5 Å². The first-order chi connectivity index (χ1) is 14.6. The molecule has 184 valence electrons. The Morgan fingerprint density at radius 2 is 1.71 bits per heavy atom. The van der Waals surface area contributed by atoms with E-state index in [2.05, 4.69) is 41.3 Å². The van der Waals surface area contributed by atoms with Crippen LogP contribution in [0.15, 0.2) is 0 Å². The molecule has 15 heteroatoms. The van der Waals surface area contributed by atoms with Crippen LogP contribution in [0.4, 0.5) is 0 Å². The Morgan fingerprint density at radius 1 is 1.13 bits per heavy atom. The van der Waals surface area contributed by atoms with E-state index in [1.807, 2.05) is 0 Å². The van der Waals surface area contributed by atoms with Gasteiger partial charge in [0.15, 0.2) is 5.01 Å². The number of carbonyl (C=O) groups is 4. The van der Waals surface area contributed by atoms with Crippen molar-refractivity contribution in [2.45, 2.75) is 41.2 Å². The van der Waals surface area contributed by atoms with E-state index in [9.17, 15) is 19.2 Å². The first kappa shape index (κ1) is 34.3. The summed E-state index contributed by atoms with van der Waals surface area (Å²) in [7, 11) is 0. The number of rotatable bonds is 13. The first-order valence-corrected chi connectivity index (χ1v) is 10.5. The summed E-state index contributed by atoms with van der Waals surface area (Å²) in [5, 5.41) is 40.2. The molecule has 1 fully saturated rings. The third-order valence-electron chi connectivity index (χ3n) is 2.69. The van der Waals surface area contributed by atoms with Crippen molar-refractivity contribution in [1.29, 1.82) is 0 Å². The Morgan fingerprint density at radius 3 is 1.97 bits per heavy atom. The molecule has 31 heavy (non-hydrogen) atoms. The van der Waals surface area contributed by atoms with E-state index >= 15 is 0 Å². The number of nitrogens with two attached hydrogens (primary N) is 1. The van der Waals surface area contributed by atoms with Crippen LogP contribution in [0, 0.1) is 0 Å². The van der Waals surface area contributed by atoms with Crippen molar-refractivity contribution >= 4 is 56.7 Å². The molecule has 0 unspecified atom stereocenters. The van der Waals surface area contributed by atoms with Crippen LogP contribution in [-0.2, 0) is 33.4 Å². The molecule has 1 heterocycles. The molecule has 13 nitrogen and oxygen atoms in total. The van der Waals surface area contributed by atoms with Crippen molar-refractivity contribution in [2.75, 3.05) is 33.0 Å². The Bertz CT molecular complexity index is 468. The first-order valence-electron chi connectivity index (χ1n) is 8.66. The number of alkyl halides is 2. The number of aliphatic hydroxyl groups is 3. The van der Waals surface area contributed by atoms with E-state index in [1.165, 1.54) is 0 Å². The second-order valence-corrected chi connectivity index (χ2v) is 7.69. The normalized spacial score (nSPS) is 16.1. The fourth-order valence-corrected chi connectivity index (χ4v) is 1.64. The van der Waals surface area contributed by atoms with Crippen LogP contribution in [0.1, 0.15) is 19.3 Å². The van der Waals surface area contributed by atoms with Crippen LogP contribution >= 0.6 is 31.9 Å². The van der Waals surface area contributed by atoms with Crippen LogP contribution in [-0.4, -0.2) is 105 Å². The largest absolute Gasteiger partial charge is 0.481 e. The lowest BCUT2D eigenvalue weighted by molar-refractivity contribution is -0.142. The smallest absolute Gasteiger partial charge is 0.324 e. The summed E-state index contributed by atoms with van der Waals surface area (Å²) in [5.74, 6) is -2.20. The minimum Gasteiger partial charge on any atom is -0.481 e. The number of hydrogen-bond acceptors (Lipinski definition) is 11. The summed E-state index contributed by atoms with van der Waals surface area (Å²) in [6, 6.07) is -1.12. The number of epoxide rings is 1. The summed E-state index contributed by atoms with van der Waals surface area (Å²) in [5.41, 5.74) is 4.92. The zero-order valence-electron chi connectivity index (χ0n) is 16.5. The maximum absolute atomic E-state index is 9.88. The van der Waals surface area contributed by atoms with Crippen molar-refractivity contribution in [3.8, 4) is 0 Å². The van der Waals surface area contributed by atoms with Crippen LogP contribution in [0.3, 0.4) is 0 Å². The standard InChI is InChI=1S/C4H5BrO4.C4H9BrO2.C4H7NO4.C4H8O2/c5-3(9-2-6)1-4(7)8;5-4(3-7)1-2-6;5-3(4(7)8)1-9-2-6;5-2-1-4-3-6-4/h2-3H,1H2,(H,7,8);4,6-7H,1-3H2;2-3H,1,5H2,(H,7,8);4-5H,1-3H2/t3-;4-;3-;4-/m0110/s1. The Hall–Kier alpha value is -1.36. The highest BCUT2D eigenvalue weighted by Crippen LogP contribution is 2.11. The van der Waals surface area contributed by atoms with Crippen molar-refractivity contribution in [1.82, 2.24) is 0 Å². The molecule has 7 N–H and O–H groups in total. The molecule has 1 saturated heterocycles. The average Bonchev–Trinajstić information content (AvgIpc) is 3.51. The van der Waals surface area contributed by atoms with Crippen molar-refractivity contribution in [3.05, 3.63) is 0 Å². The SMILES string of the molecule is N[C@H](COC=O)C(=O)O.O=CO[C@H](Br)CC(=O)O.OCC[C@@H](Br)CO.OCC[C@H]1CO1. The Balaban J connectivity index is -0.000000341. The highest BCUT2D eigenvalue weighted by molar-refractivity contribution is 9.09. The topological polar surface area (TPSA) is 226 Å². The molecule has 1 rings (SSSR count). The molecule has 0 spiro atoms. The van der Waals surface area contributed by atoms with E-state index in [-0.39, 0.29) is 50.6 Å². The van der Waals surface area contributed by atoms with Gasteiger partial charge >= 0.3 is 11.9 Å². The number of carboxylic acids is 2. The molecule has 0 aliphatic carbocycles. The lowest BCUT2D eigenvalue weighted by atomic mass is 10.3. The number of carboxylic acid groups (broad SMARTS) is 2. The molecule has 0 bridgehead atoms. The van der Waals surface area contributed by atoms with Gasteiger partial charge in [-0.25, -0.2) is 0 Å². The van der Waals surface area contributed by atoms with Crippen molar-refractivity contribution in [3.63, 3.8) is 0 Å². The van der Waals surface area contributed by atoms with Gasteiger partial charge in [-0.05, 0) is 28.8 Å². The molecule has 0 aromatic heterocycles. The van der Waals surface area contributed by atoms with Gasteiger partial charge in [-0.3, -0.25) is 19.2 Å². The van der Waals surface area contributed by atoms with Gasteiger partial charge in [0.05, 0.1) is 25.7 Å². The number of hydrogen-bond donors (Lipinski definition) is 6. The van der Waals surface area contributed by atoms with Gasteiger partial charge in [-0.1, -0.05) is 15.9 Å². The molecule has 0 amide bonds. The van der Waals surface area contributed by atoms with Gasteiger partial charge in [0.1, 0.15) is 12.6 Å². The second-order valence-electron chi connectivity index (χ2n) is 5.37. The third kappa shape index (κ3) is 33.5. The number of carbonyl (C=O) groups excluding carboxylic acids is 2. The number of aliphatic carboxylic acids is 2. The number of halogens is 2. The summed E-state index contributed by atoms with van der Waals surface area (Å²) in [4.78, 5) is 38.8. The molecular formula is C16H29Br2NO12. The van der Waals surface area contributed by atoms with Crippen LogP contribution in [0.2, 0.25) is 0 Å². The highest BCUT2D eigenvalue weighted by atomic mass is 79.9. The fourth-order valence-electron chi connectivity index (χ4n) is 1.07. The zero-order valence-corrected chi connectivity index (χ0v) is 19.7. The van der Waals surface area contributed by atoms with Crippen LogP contribution in [0.25, 0.3) is 0 Å². The maximum atomic E-state index is 9.88. The average molecular weight is 587 g/mol. The molecule has 0 saturated carbocycles. The summed E-state index contributed by atoms with van der Waals surface area (Å²) in [6.45, 7) is 1.44. The minimum absolute atomic E-state index is 0.0671. The Labute approximate surface area is 195 Å². The highest BCUT2D eigenvalue weighted by Gasteiger charge is 2.20. The van der Waals surface area contributed by atoms with Gasteiger partial charge in [0.25, 0.3) is 12.9 Å². The van der Waals surface area contributed by atoms with Gasteiger partial charge in [0.2, 0.25) is 0 Å². The molecule has 4 atom stereocenters. The van der Waals surface area contributed by atoms with Gasteiger partial charge in [-0.15, -0.1) is 0 Å². The van der Waals surface area contributed by atoms with Crippen LogP contribution < -0.4 is 5.73 Å². The number of aliphatic hydroxyl groups excluding tert-OH is 3. The van der Waals surface area contributed by atoms with Gasteiger partial charge < -0.3 is 45.5 Å². The van der Waals surface area contributed by atoms with E-state index in [4.69, 9.17) is 36.0 Å². The number of ether oxygens (including phenoxy) is 3. The fraction of sp³-hybridized carbons (Fsp3) is 0.750. The van der Waals surface area contributed by atoms with E-state index < -0.39 is 23.0 Å². The van der Waals surface area contributed by atoms with E-state index in [0.717, 1.165) is 13.0 Å². The zero-order chi connectivity index (χ0) is 24.7. The van der Waals surface area contributed by atoms with Crippen molar-refractivity contribution in [2.24, 2.45) is 5.73 Å². The van der Waals surface area contributed by atoms with E-state index in [1.54, 1.807) is 0 Å². The Kier molecular flexibility index (Phi) is 27.5. The molecule has 0 radical (unpaired) electrons. The molecular weight excluding hydrogens is 558 g/mol. The second kappa shape index (κ2) is 24.9. The molecule has 1 aliphatic rings. The molecule has 1 aliphatic heterocycles. The third-order valence-corrected chi connectivity index (χ3v) is 3.98. The summed E-state index contributed by atoms with van der Waals surface area (Å²) < 4.78 is 13.1. The maximum Gasteiger partial charge on any atom is 0.324 e. The molecule has 0 aromatic carbocycles. The molecule has 0 aromatic rings. The van der Waals surface area contributed by atoms with Gasteiger partial charge in [-0.2, -0.15) is 0 Å². The quantitative estimate of drug-likeness (QED) is 0.0849. The predicted molar refractivity (Wildman–Crippen MR) is 113 cm³/mol. The summed E-state index contributed by atoms with van der Waals surface area (Å²) >= 11 is 5.93. The van der Waals surface area contributed by atoms with Gasteiger partial charge in [0, 0.05) is 18.0 Å². The van der Waals surface area contributed by atoms with Crippen LogP contribution in [0.5, 0.6) is 0 Å². The predicted octanol–water partition coefficient (Wildman–Crippen LogP) is -1.18. The monoisotopic (exact) mass is 585 g/mol. The lowest BCUT2D eigenvalue weighted by Gasteiger charge is -2.01. The summed E-state index contributed by atoms with van der Waals surface area (Å²) in [6.07, 6.45) is 1.62.